The molecule has 4 rings (SSSR count). The summed E-state index contributed by atoms with van der Waals surface area (Å²) in [7, 11) is 0. The number of aromatic nitrogens is 2. The number of amides is 1. The quantitative estimate of drug-likeness (QED) is 0.795. The Labute approximate surface area is 166 Å². The molecule has 0 spiro atoms. The van der Waals surface area contributed by atoms with Crippen LogP contribution in [0.1, 0.15) is 49.1 Å². The molecule has 1 fully saturated rings. The lowest BCUT2D eigenvalue weighted by Gasteiger charge is -2.36. The van der Waals surface area contributed by atoms with Crippen molar-refractivity contribution in [1.82, 2.24) is 9.78 Å². The van der Waals surface area contributed by atoms with Crippen LogP contribution < -0.4 is 10.9 Å². The van der Waals surface area contributed by atoms with Gasteiger partial charge in [-0.1, -0.05) is 23.7 Å². The van der Waals surface area contributed by atoms with Gasteiger partial charge in [0.25, 0.3) is 5.56 Å². The van der Waals surface area contributed by atoms with Crippen LogP contribution in [0.4, 0.5) is 5.82 Å². The minimum Gasteiger partial charge on any atom is -0.375 e. The smallest absolute Gasteiger partial charge is 0.270 e. The van der Waals surface area contributed by atoms with E-state index in [2.05, 4.69) is 10.4 Å². The zero-order valence-corrected chi connectivity index (χ0v) is 16.8. The Morgan fingerprint density at radius 2 is 2.00 bits per heavy atom. The van der Waals surface area contributed by atoms with E-state index in [0.29, 0.717) is 28.8 Å². The number of aromatic amines is 1. The first-order valence-electron chi connectivity index (χ1n) is 8.99. The molecule has 0 unspecified atom stereocenters. The zero-order chi connectivity index (χ0) is 19.2. The normalized spacial score (nSPS) is 24.8. The van der Waals surface area contributed by atoms with E-state index >= 15 is 0 Å². The number of nitrogens with one attached hydrogen (secondary N) is 2. The van der Waals surface area contributed by atoms with Crippen molar-refractivity contribution >= 4 is 35.1 Å². The number of carbonyl (C=O) groups is 1. The molecule has 2 N–H and O–H groups in total. The predicted molar refractivity (Wildman–Crippen MR) is 108 cm³/mol. The Morgan fingerprint density at radius 3 is 2.70 bits per heavy atom. The highest BCUT2D eigenvalue weighted by atomic mass is 35.5. The first kappa shape index (κ1) is 18.7. The fourth-order valence-corrected chi connectivity index (χ4v) is 5.09. The number of hydrogen-bond donors (Lipinski definition) is 2. The third-order valence-electron chi connectivity index (χ3n) is 5.07. The van der Waals surface area contributed by atoms with Crippen molar-refractivity contribution in [3.63, 3.8) is 0 Å². The van der Waals surface area contributed by atoms with Gasteiger partial charge in [-0.05, 0) is 44.4 Å². The van der Waals surface area contributed by atoms with Crippen molar-refractivity contribution in [1.29, 1.82) is 0 Å². The van der Waals surface area contributed by atoms with Gasteiger partial charge in [-0.15, -0.1) is 11.8 Å². The maximum Gasteiger partial charge on any atom is 0.270 e. The lowest BCUT2D eigenvalue weighted by Crippen LogP contribution is -2.36. The summed E-state index contributed by atoms with van der Waals surface area (Å²) < 4.78 is 7.65. The van der Waals surface area contributed by atoms with Gasteiger partial charge in [-0.2, -0.15) is 0 Å². The van der Waals surface area contributed by atoms with Crippen LogP contribution in [-0.4, -0.2) is 33.6 Å². The number of halogens is 1. The van der Waals surface area contributed by atoms with E-state index in [-0.39, 0.29) is 28.4 Å². The van der Waals surface area contributed by atoms with E-state index in [0.717, 1.165) is 18.4 Å². The van der Waals surface area contributed by atoms with Crippen LogP contribution in [-0.2, 0) is 9.53 Å². The summed E-state index contributed by atoms with van der Waals surface area (Å²) in [5, 5.41) is 6.34. The summed E-state index contributed by atoms with van der Waals surface area (Å²) in [4.78, 5) is 25.2. The zero-order valence-electron chi connectivity index (χ0n) is 15.3. The number of rotatable bonds is 2. The highest BCUT2D eigenvalue weighted by Gasteiger charge is 2.35. The summed E-state index contributed by atoms with van der Waals surface area (Å²) in [5.74, 6) is 0.773. The average molecular weight is 408 g/mol. The third-order valence-corrected chi connectivity index (χ3v) is 6.59. The first-order valence-corrected chi connectivity index (χ1v) is 10.4. The van der Waals surface area contributed by atoms with Crippen LogP contribution in [0.15, 0.2) is 29.1 Å². The summed E-state index contributed by atoms with van der Waals surface area (Å²) in [6.07, 6.45) is 1.55. The summed E-state index contributed by atoms with van der Waals surface area (Å²) in [6.45, 7) is 4.71. The molecule has 0 saturated carbocycles. The molecule has 0 aliphatic carbocycles. The van der Waals surface area contributed by atoms with Crippen LogP contribution in [0.25, 0.3) is 0 Å². The van der Waals surface area contributed by atoms with Gasteiger partial charge in [0.05, 0.1) is 28.2 Å². The lowest BCUT2D eigenvalue weighted by molar-refractivity contribution is -0.113. The number of carbonyl (C=O) groups excluding carboxylic acids is 1. The van der Waals surface area contributed by atoms with Gasteiger partial charge in [0, 0.05) is 11.6 Å². The van der Waals surface area contributed by atoms with E-state index in [1.54, 1.807) is 0 Å². The monoisotopic (exact) mass is 407 g/mol. The Bertz CT molecular complexity index is 919. The SMILES string of the molecule is CC1(C)C[C@H](n2[nH]c(=O)c3c2NC(=O)CS[C@H]3c2ccc(Cl)cc2)CCO1. The van der Waals surface area contributed by atoms with Gasteiger partial charge in [0.2, 0.25) is 5.91 Å². The highest BCUT2D eigenvalue weighted by molar-refractivity contribution is 8.00. The molecule has 0 radical (unpaired) electrons. The van der Waals surface area contributed by atoms with E-state index in [1.807, 2.05) is 42.8 Å². The molecular formula is C19H22ClN3O3S. The van der Waals surface area contributed by atoms with Gasteiger partial charge in [-0.25, -0.2) is 0 Å². The van der Waals surface area contributed by atoms with Crippen LogP contribution in [0.3, 0.4) is 0 Å². The molecule has 8 heteroatoms. The third kappa shape index (κ3) is 3.68. The molecule has 27 heavy (non-hydrogen) atoms. The number of anilines is 1. The summed E-state index contributed by atoms with van der Waals surface area (Å²) in [5.41, 5.74) is 1.12. The Kier molecular flexibility index (Phi) is 4.86. The molecule has 1 saturated heterocycles. The van der Waals surface area contributed by atoms with Crippen LogP contribution in [0.5, 0.6) is 0 Å². The van der Waals surface area contributed by atoms with Crippen LogP contribution in [0, 0.1) is 0 Å². The van der Waals surface area contributed by atoms with Crippen molar-refractivity contribution in [3.8, 4) is 0 Å². The largest absolute Gasteiger partial charge is 0.375 e. The predicted octanol–water partition coefficient (Wildman–Crippen LogP) is 3.73. The van der Waals surface area contributed by atoms with Crippen LogP contribution >= 0.6 is 23.4 Å². The molecule has 6 nitrogen and oxygen atoms in total. The van der Waals surface area contributed by atoms with E-state index in [9.17, 15) is 9.59 Å². The second kappa shape index (κ2) is 7.04. The molecule has 2 atom stereocenters. The number of thioether (sulfide) groups is 1. The maximum absolute atomic E-state index is 12.9. The van der Waals surface area contributed by atoms with Gasteiger partial charge in [0.15, 0.2) is 0 Å². The van der Waals surface area contributed by atoms with Crippen LogP contribution in [0.2, 0.25) is 5.02 Å². The molecule has 0 bridgehead atoms. The lowest BCUT2D eigenvalue weighted by atomic mass is 9.94. The first-order chi connectivity index (χ1) is 12.8. The molecule has 2 aliphatic rings. The van der Waals surface area contributed by atoms with Crippen molar-refractivity contribution in [2.45, 2.75) is 43.6 Å². The van der Waals surface area contributed by atoms with Crippen molar-refractivity contribution in [2.24, 2.45) is 0 Å². The molecule has 2 aliphatic heterocycles. The minimum absolute atomic E-state index is 0.0690. The number of ether oxygens (including phenoxy) is 1. The second-order valence-corrected chi connectivity index (χ2v) is 9.15. The number of hydrogen-bond acceptors (Lipinski definition) is 4. The Balaban J connectivity index is 1.80. The molecule has 1 amide bonds. The topological polar surface area (TPSA) is 76.1 Å². The van der Waals surface area contributed by atoms with Crippen molar-refractivity contribution in [3.05, 3.63) is 50.8 Å². The number of fused-ring (bicyclic) bond motifs is 1. The molecule has 2 aromatic rings. The second-order valence-electron chi connectivity index (χ2n) is 7.62. The maximum atomic E-state index is 12.9. The standard InChI is InChI=1S/C19H22ClN3O3S/c1-19(2)9-13(7-8-26-19)23-17-15(18(25)22-23)16(27-10-14(24)21-17)11-3-5-12(20)6-4-11/h3-6,13,16H,7-10H2,1-2H3,(H,21,24)(H,22,25)/t13-,16+/m1/s1. The number of benzene rings is 1. The fraction of sp³-hybridized carbons (Fsp3) is 0.474. The Hall–Kier alpha value is -1.70. The van der Waals surface area contributed by atoms with E-state index < -0.39 is 0 Å². The van der Waals surface area contributed by atoms with Crippen molar-refractivity contribution in [2.75, 3.05) is 17.7 Å². The molecule has 1 aromatic carbocycles. The number of H-pyrrole nitrogens is 1. The fourth-order valence-electron chi connectivity index (χ4n) is 3.84. The Morgan fingerprint density at radius 1 is 1.26 bits per heavy atom. The minimum atomic E-state index is -0.268. The molecule has 3 heterocycles. The van der Waals surface area contributed by atoms with Gasteiger partial charge in [-0.3, -0.25) is 19.4 Å². The molecule has 1 aromatic heterocycles. The number of nitrogens with zero attached hydrogens (tertiary/aromatic N) is 1. The summed E-state index contributed by atoms with van der Waals surface area (Å²) >= 11 is 7.47. The van der Waals surface area contributed by atoms with E-state index in [4.69, 9.17) is 16.3 Å². The average Bonchev–Trinajstić information content (AvgIpc) is 2.81. The van der Waals surface area contributed by atoms with Gasteiger partial charge in [0.1, 0.15) is 5.82 Å². The molecule has 144 valence electrons. The van der Waals surface area contributed by atoms with Crippen molar-refractivity contribution < 1.29 is 9.53 Å². The van der Waals surface area contributed by atoms with Gasteiger partial charge < -0.3 is 10.1 Å². The molecular weight excluding hydrogens is 386 g/mol. The highest BCUT2D eigenvalue weighted by Crippen LogP contribution is 2.42. The van der Waals surface area contributed by atoms with Gasteiger partial charge >= 0.3 is 0 Å². The summed E-state index contributed by atoms with van der Waals surface area (Å²) in [6, 6.07) is 7.51. The van der Waals surface area contributed by atoms with E-state index in [1.165, 1.54) is 11.8 Å².